The van der Waals surface area contributed by atoms with Gasteiger partial charge in [-0.25, -0.2) is 0 Å². The van der Waals surface area contributed by atoms with Crippen LogP contribution >= 0.6 is 0 Å². The third-order valence-electron chi connectivity index (χ3n) is 1.67. The van der Waals surface area contributed by atoms with Gasteiger partial charge < -0.3 is 15.5 Å². The van der Waals surface area contributed by atoms with E-state index in [9.17, 15) is 4.79 Å². The van der Waals surface area contributed by atoms with E-state index in [0.717, 1.165) is 13.1 Å². The normalized spacial score (nSPS) is 9.31. The molecule has 13 heavy (non-hydrogen) atoms. The van der Waals surface area contributed by atoms with Gasteiger partial charge in [-0.15, -0.1) is 6.42 Å². The van der Waals surface area contributed by atoms with Gasteiger partial charge in [-0.2, -0.15) is 0 Å². The Morgan fingerprint density at radius 1 is 1.31 bits per heavy atom. The molecule has 0 saturated carbocycles. The van der Waals surface area contributed by atoms with E-state index >= 15 is 0 Å². The topological polar surface area (TPSA) is 44.4 Å². The fraction of sp³-hybridized carbons (Fsp3) is 0.667. The van der Waals surface area contributed by atoms with Gasteiger partial charge in [0.1, 0.15) is 0 Å². The SMILES string of the molecule is C#CC(=O)N(CCNC)CCNC. The molecule has 4 heteroatoms. The standard InChI is InChI=1S/C9H17N3O/c1-4-9(13)12(7-5-10-2)8-6-11-3/h1,10-11H,5-8H2,2-3H3. The first kappa shape index (κ1) is 11.9. The molecule has 0 bridgehead atoms. The zero-order valence-electron chi connectivity index (χ0n) is 8.26. The largest absolute Gasteiger partial charge is 0.329 e. The number of terminal acetylenes is 1. The minimum atomic E-state index is -0.245. The van der Waals surface area contributed by atoms with Crippen molar-refractivity contribution in [1.29, 1.82) is 0 Å². The highest BCUT2D eigenvalue weighted by Gasteiger charge is 2.08. The van der Waals surface area contributed by atoms with Crippen molar-refractivity contribution in [3.8, 4) is 12.3 Å². The van der Waals surface area contributed by atoms with E-state index in [0.29, 0.717) is 13.1 Å². The van der Waals surface area contributed by atoms with Gasteiger partial charge in [-0.05, 0) is 20.0 Å². The van der Waals surface area contributed by atoms with Gasteiger partial charge in [0.05, 0.1) is 0 Å². The highest BCUT2D eigenvalue weighted by molar-refractivity contribution is 5.92. The van der Waals surface area contributed by atoms with Crippen LogP contribution in [0.5, 0.6) is 0 Å². The molecule has 4 nitrogen and oxygen atoms in total. The summed E-state index contributed by atoms with van der Waals surface area (Å²) in [5.41, 5.74) is 0. The second kappa shape index (κ2) is 7.59. The molecule has 1 amide bonds. The van der Waals surface area contributed by atoms with Gasteiger partial charge in [0, 0.05) is 26.2 Å². The van der Waals surface area contributed by atoms with E-state index in [1.54, 1.807) is 4.90 Å². The van der Waals surface area contributed by atoms with E-state index in [1.807, 2.05) is 14.1 Å². The van der Waals surface area contributed by atoms with Gasteiger partial charge >= 0.3 is 0 Å². The number of amides is 1. The van der Waals surface area contributed by atoms with Crippen LogP contribution in [0.4, 0.5) is 0 Å². The van der Waals surface area contributed by atoms with Crippen LogP contribution in [-0.4, -0.2) is 51.1 Å². The number of nitrogens with one attached hydrogen (secondary N) is 2. The molecule has 0 fully saturated rings. The molecule has 0 aromatic rings. The molecule has 0 aliphatic heterocycles. The Balaban J connectivity index is 3.89. The van der Waals surface area contributed by atoms with Crippen molar-refractivity contribution in [2.75, 3.05) is 40.3 Å². The second-order valence-corrected chi connectivity index (χ2v) is 2.64. The molecule has 2 N–H and O–H groups in total. The first-order chi connectivity index (χ1) is 6.26. The van der Waals surface area contributed by atoms with Crippen LogP contribution in [0.2, 0.25) is 0 Å². The summed E-state index contributed by atoms with van der Waals surface area (Å²) < 4.78 is 0. The average Bonchev–Trinajstić information content (AvgIpc) is 2.17. The summed E-state index contributed by atoms with van der Waals surface area (Å²) in [7, 11) is 3.69. The monoisotopic (exact) mass is 183 g/mol. The van der Waals surface area contributed by atoms with Gasteiger partial charge in [-0.3, -0.25) is 4.79 Å². The third-order valence-corrected chi connectivity index (χ3v) is 1.67. The lowest BCUT2D eigenvalue weighted by Gasteiger charge is -2.19. The van der Waals surface area contributed by atoms with E-state index in [4.69, 9.17) is 6.42 Å². The van der Waals surface area contributed by atoms with Crippen LogP contribution in [0.1, 0.15) is 0 Å². The Hall–Kier alpha value is -1.05. The number of nitrogens with zero attached hydrogens (tertiary/aromatic N) is 1. The summed E-state index contributed by atoms with van der Waals surface area (Å²) in [5, 5.41) is 5.94. The summed E-state index contributed by atoms with van der Waals surface area (Å²) >= 11 is 0. The predicted octanol–water partition coefficient (Wildman–Crippen LogP) is -1.11. The van der Waals surface area contributed by atoms with E-state index < -0.39 is 0 Å². The van der Waals surface area contributed by atoms with Crippen LogP contribution in [0.3, 0.4) is 0 Å². The maximum absolute atomic E-state index is 11.2. The maximum Gasteiger partial charge on any atom is 0.298 e. The Morgan fingerprint density at radius 3 is 2.08 bits per heavy atom. The number of rotatable bonds is 6. The Morgan fingerprint density at radius 2 is 1.77 bits per heavy atom. The molecular formula is C9H17N3O. The highest BCUT2D eigenvalue weighted by Crippen LogP contribution is 1.86. The lowest BCUT2D eigenvalue weighted by atomic mass is 10.4. The van der Waals surface area contributed by atoms with E-state index in [2.05, 4.69) is 16.6 Å². The van der Waals surface area contributed by atoms with Crippen molar-refractivity contribution in [2.45, 2.75) is 0 Å². The quantitative estimate of drug-likeness (QED) is 0.513. The Kier molecular flexibility index (Phi) is 6.98. The van der Waals surface area contributed by atoms with Gasteiger partial charge in [0.15, 0.2) is 0 Å². The van der Waals surface area contributed by atoms with Crippen molar-refractivity contribution in [1.82, 2.24) is 15.5 Å². The minimum Gasteiger partial charge on any atom is -0.329 e. The number of carbonyl (C=O) groups is 1. The molecule has 0 radical (unpaired) electrons. The molecule has 0 saturated heterocycles. The molecular weight excluding hydrogens is 166 g/mol. The molecule has 0 rings (SSSR count). The first-order valence-electron chi connectivity index (χ1n) is 4.31. The molecule has 0 aromatic carbocycles. The van der Waals surface area contributed by atoms with Crippen LogP contribution in [-0.2, 0) is 4.79 Å². The van der Waals surface area contributed by atoms with Gasteiger partial charge in [-0.1, -0.05) is 0 Å². The van der Waals surface area contributed by atoms with E-state index in [-0.39, 0.29) is 5.91 Å². The average molecular weight is 183 g/mol. The second-order valence-electron chi connectivity index (χ2n) is 2.64. The van der Waals surface area contributed by atoms with Crippen molar-refractivity contribution < 1.29 is 4.79 Å². The van der Waals surface area contributed by atoms with Crippen LogP contribution in [0, 0.1) is 12.3 Å². The molecule has 0 aliphatic rings. The van der Waals surface area contributed by atoms with Crippen molar-refractivity contribution >= 4 is 5.91 Å². The fourth-order valence-electron chi connectivity index (χ4n) is 0.900. The minimum absolute atomic E-state index is 0.245. The maximum atomic E-state index is 11.2. The Bertz CT molecular complexity index is 178. The van der Waals surface area contributed by atoms with Crippen molar-refractivity contribution in [3.63, 3.8) is 0 Å². The lowest BCUT2D eigenvalue weighted by Crippen LogP contribution is -2.39. The molecule has 0 unspecified atom stereocenters. The summed E-state index contributed by atoms with van der Waals surface area (Å²) in [6.45, 7) is 2.83. The summed E-state index contributed by atoms with van der Waals surface area (Å²) in [5.74, 6) is 1.87. The Labute approximate surface area is 79.7 Å². The van der Waals surface area contributed by atoms with Crippen LogP contribution in [0.25, 0.3) is 0 Å². The number of carbonyl (C=O) groups excluding carboxylic acids is 1. The molecule has 0 atom stereocenters. The van der Waals surface area contributed by atoms with Gasteiger partial charge in [0.2, 0.25) is 0 Å². The molecule has 0 aliphatic carbocycles. The third kappa shape index (κ3) is 5.23. The van der Waals surface area contributed by atoms with E-state index in [1.165, 1.54) is 0 Å². The fourth-order valence-corrected chi connectivity index (χ4v) is 0.900. The number of hydrogen-bond acceptors (Lipinski definition) is 3. The summed E-state index contributed by atoms with van der Waals surface area (Å²) in [6.07, 6.45) is 5.03. The number of hydrogen-bond donors (Lipinski definition) is 2. The van der Waals surface area contributed by atoms with Crippen molar-refractivity contribution in [2.24, 2.45) is 0 Å². The molecule has 0 heterocycles. The zero-order valence-corrected chi connectivity index (χ0v) is 8.26. The highest BCUT2D eigenvalue weighted by atomic mass is 16.2. The smallest absolute Gasteiger partial charge is 0.298 e. The number of likely N-dealkylation sites (N-methyl/N-ethyl adjacent to an activating group) is 2. The predicted molar refractivity (Wildman–Crippen MR) is 53.3 cm³/mol. The summed E-state index contributed by atoms with van der Waals surface area (Å²) in [4.78, 5) is 12.8. The van der Waals surface area contributed by atoms with Crippen molar-refractivity contribution in [3.05, 3.63) is 0 Å². The van der Waals surface area contributed by atoms with Crippen LogP contribution in [0.15, 0.2) is 0 Å². The molecule has 0 spiro atoms. The molecule has 74 valence electrons. The summed E-state index contributed by atoms with van der Waals surface area (Å²) in [6, 6.07) is 0. The molecule has 0 aromatic heterocycles. The lowest BCUT2D eigenvalue weighted by molar-refractivity contribution is -0.125. The van der Waals surface area contributed by atoms with Gasteiger partial charge in [0.25, 0.3) is 5.91 Å². The first-order valence-corrected chi connectivity index (χ1v) is 4.31. The van der Waals surface area contributed by atoms with Crippen LogP contribution < -0.4 is 10.6 Å². The zero-order chi connectivity index (χ0) is 10.1.